The van der Waals surface area contributed by atoms with Crippen LogP contribution in [0, 0.1) is 0 Å². The fourth-order valence-electron chi connectivity index (χ4n) is 1.69. The lowest BCUT2D eigenvalue weighted by atomic mass is 10.1. The summed E-state index contributed by atoms with van der Waals surface area (Å²) in [5.41, 5.74) is 0. The molecule has 0 aromatic heterocycles. The summed E-state index contributed by atoms with van der Waals surface area (Å²) in [5, 5.41) is 3.15. The quantitative estimate of drug-likeness (QED) is 0.684. The van der Waals surface area contributed by atoms with E-state index in [2.05, 4.69) is 17.3 Å². The molecule has 0 saturated carbocycles. The zero-order valence-electron chi connectivity index (χ0n) is 8.88. The molecule has 0 aromatic rings. The Balaban J connectivity index is 2.07. The molecule has 78 valence electrons. The molecule has 1 aliphatic rings. The highest BCUT2D eigenvalue weighted by molar-refractivity contribution is 4.67. The molecule has 1 N–H and O–H groups in total. The summed E-state index contributed by atoms with van der Waals surface area (Å²) in [5.74, 6) is 0. The molecule has 1 fully saturated rings. The highest BCUT2D eigenvalue weighted by Gasteiger charge is 2.15. The van der Waals surface area contributed by atoms with Gasteiger partial charge >= 0.3 is 0 Å². The van der Waals surface area contributed by atoms with E-state index in [1.165, 1.54) is 19.3 Å². The fourth-order valence-corrected chi connectivity index (χ4v) is 1.69. The number of hydrogen-bond donors (Lipinski definition) is 1. The highest BCUT2D eigenvalue weighted by atomic mass is 16.5. The molecule has 3 heteroatoms. The molecule has 1 atom stereocenters. The predicted molar refractivity (Wildman–Crippen MR) is 55.0 cm³/mol. The molecule has 13 heavy (non-hydrogen) atoms. The molecule has 1 rings (SSSR count). The Morgan fingerprint density at radius 1 is 1.46 bits per heavy atom. The smallest absolute Gasteiger partial charge is 0.0701 e. The van der Waals surface area contributed by atoms with E-state index in [0.717, 1.165) is 26.2 Å². The van der Waals surface area contributed by atoms with Gasteiger partial charge in [-0.1, -0.05) is 0 Å². The third-order valence-corrected chi connectivity index (χ3v) is 2.53. The monoisotopic (exact) mass is 186 g/mol. The predicted octanol–water partition coefficient (Wildman–Crippen LogP) is 0.707. The molecule has 3 nitrogen and oxygen atoms in total. The van der Waals surface area contributed by atoms with Crippen LogP contribution in [0.4, 0.5) is 0 Å². The second-order valence-corrected chi connectivity index (χ2v) is 3.85. The summed E-state index contributed by atoms with van der Waals surface area (Å²) >= 11 is 0. The van der Waals surface area contributed by atoms with Crippen LogP contribution in [0.1, 0.15) is 19.3 Å². The van der Waals surface area contributed by atoms with Crippen molar-refractivity contribution in [3.05, 3.63) is 0 Å². The van der Waals surface area contributed by atoms with E-state index < -0.39 is 0 Å². The van der Waals surface area contributed by atoms with Crippen molar-refractivity contribution in [2.45, 2.75) is 25.4 Å². The third kappa shape index (κ3) is 4.60. The van der Waals surface area contributed by atoms with Gasteiger partial charge in [-0.15, -0.1) is 0 Å². The lowest BCUT2D eigenvalue weighted by molar-refractivity contribution is -0.00116. The standard InChI is InChI=1S/C10H22N2O/c1-11-6-7-12(2)9-10-5-3-4-8-13-10/h10-11H,3-9H2,1-2H3. The van der Waals surface area contributed by atoms with E-state index in [-0.39, 0.29) is 0 Å². The van der Waals surface area contributed by atoms with Crippen molar-refractivity contribution in [2.24, 2.45) is 0 Å². The van der Waals surface area contributed by atoms with Crippen molar-refractivity contribution >= 4 is 0 Å². The maximum absolute atomic E-state index is 5.67. The number of nitrogens with one attached hydrogen (secondary N) is 1. The fraction of sp³-hybridized carbons (Fsp3) is 1.00. The van der Waals surface area contributed by atoms with Gasteiger partial charge in [-0.3, -0.25) is 0 Å². The lowest BCUT2D eigenvalue weighted by Crippen LogP contribution is -2.36. The first kappa shape index (κ1) is 11.0. The van der Waals surface area contributed by atoms with Crippen LogP contribution >= 0.6 is 0 Å². The Labute approximate surface area is 81.4 Å². The van der Waals surface area contributed by atoms with Gasteiger partial charge in [0.15, 0.2) is 0 Å². The van der Waals surface area contributed by atoms with Gasteiger partial charge in [-0.25, -0.2) is 0 Å². The van der Waals surface area contributed by atoms with Gasteiger partial charge in [0.05, 0.1) is 6.10 Å². The minimum absolute atomic E-state index is 0.482. The van der Waals surface area contributed by atoms with Gasteiger partial charge in [0, 0.05) is 26.2 Å². The van der Waals surface area contributed by atoms with Gasteiger partial charge in [0.2, 0.25) is 0 Å². The van der Waals surface area contributed by atoms with Crippen molar-refractivity contribution < 1.29 is 4.74 Å². The van der Waals surface area contributed by atoms with Gasteiger partial charge in [-0.2, -0.15) is 0 Å². The Hall–Kier alpha value is -0.120. The van der Waals surface area contributed by atoms with Crippen LogP contribution in [0.15, 0.2) is 0 Å². The zero-order chi connectivity index (χ0) is 9.52. The van der Waals surface area contributed by atoms with Gasteiger partial charge < -0.3 is 15.0 Å². The Bertz CT molecular complexity index is 124. The van der Waals surface area contributed by atoms with Crippen molar-refractivity contribution in [1.29, 1.82) is 0 Å². The normalized spacial score (nSPS) is 23.8. The topological polar surface area (TPSA) is 24.5 Å². The number of rotatable bonds is 5. The van der Waals surface area contributed by atoms with Gasteiger partial charge in [0.1, 0.15) is 0 Å². The van der Waals surface area contributed by atoms with E-state index in [1.807, 2.05) is 7.05 Å². The molecule has 0 bridgehead atoms. The third-order valence-electron chi connectivity index (χ3n) is 2.53. The first-order chi connectivity index (χ1) is 6.33. The summed E-state index contributed by atoms with van der Waals surface area (Å²) in [4.78, 5) is 2.34. The van der Waals surface area contributed by atoms with E-state index in [0.29, 0.717) is 6.10 Å². The van der Waals surface area contributed by atoms with Crippen LogP contribution in [0.5, 0.6) is 0 Å². The van der Waals surface area contributed by atoms with E-state index in [4.69, 9.17) is 4.74 Å². The molecular formula is C10H22N2O. The maximum Gasteiger partial charge on any atom is 0.0701 e. The summed E-state index contributed by atoms with van der Waals surface area (Å²) in [6.45, 7) is 4.21. The van der Waals surface area contributed by atoms with Crippen LogP contribution in [0.2, 0.25) is 0 Å². The molecular weight excluding hydrogens is 164 g/mol. The van der Waals surface area contributed by atoms with Crippen LogP contribution in [0.25, 0.3) is 0 Å². The second kappa shape index (κ2) is 6.35. The molecule has 1 saturated heterocycles. The summed E-state index contributed by atoms with van der Waals surface area (Å²) in [6, 6.07) is 0. The second-order valence-electron chi connectivity index (χ2n) is 3.85. The molecule has 1 aliphatic heterocycles. The van der Waals surface area contributed by atoms with Crippen molar-refractivity contribution in [3.8, 4) is 0 Å². The summed E-state index contributed by atoms with van der Waals surface area (Å²) in [7, 11) is 4.15. The minimum Gasteiger partial charge on any atom is -0.377 e. The van der Waals surface area contributed by atoms with Crippen LogP contribution in [-0.2, 0) is 4.74 Å². The zero-order valence-corrected chi connectivity index (χ0v) is 8.88. The van der Waals surface area contributed by atoms with E-state index >= 15 is 0 Å². The first-order valence-corrected chi connectivity index (χ1v) is 5.27. The number of hydrogen-bond acceptors (Lipinski definition) is 3. The highest BCUT2D eigenvalue weighted by Crippen LogP contribution is 2.12. The van der Waals surface area contributed by atoms with E-state index in [1.54, 1.807) is 0 Å². The number of nitrogens with zero attached hydrogens (tertiary/aromatic N) is 1. The summed E-state index contributed by atoms with van der Waals surface area (Å²) in [6.07, 6.45) is 4.31. The summed E-state index contributed by atoms with van der Waals surface area (Å²) < 4.78 is 5.67. The maximum atomic E-state index is 5.67. The van der Waals surface area contributed by atoms with Crippen LogP contribution in [-0.4, -0.2) is 51.3 Å². The lowest BCUT2D eigenvalue weighted by Gasteiger charge is -2.27. The molecule has 0 amide bonds. The average molecular weight is 186 g/mol. The van der Waals surface area contributed by atoms with Crippen molar-refractivity contribution in [2.75, 3.05) is 40.3 Å². The van der Waals surface area contributed by atoms with Crippen LogP contribution in [0.3, 0.4) is 0 Å². The van der Waals surface area contributed by atoms with Gasteiger partial charge in [0.25, 0.3) is 0 Å². The van der Waals surface area contributed by atoms with Crippen molar-refractivity contribution in [1.82, 2.24) is 10.2 Å². The molecule has 1 unspecified atom stereocenters. The molecule has 1 heterocycles. The molecule has 0 spiro atoms. The Morgan fingerprint density at radius 3 is 2.92 bits per heavy atom. The van der Waals surface area contributed by atoms with Crippen molar-refractivity contribution in [3.63, 3.8) is 0 Å². The van der Waals surface area contributed by atoms with E-state index in [9.17, 15) is 0 Å². The SMILES string of the molecule is CNCCN(C)CC1CCCCO1. The largest absolute Gasteiger partial charge is 0.377 e. The Morgan fingerprint density at radius 2 is 2.31 bits per heavy atom. The first-order valence-electron chi connectivity index (χ1n) is 5.27. The number of likely N-dealkylation sites (N-methyl/N-ethyl adjacent to an activating group) is 2. The number of ether oxygens (including phenoxy) is 1. The minimum atomic E-state index is 0.482. The Kier molecular flexibility index (Phi) is 5.35. The molecule has 0 aliphatic carbocycles. The average Bonchev–Trinajstić information content (AvgIpc) is 2.16. The molecule has 0 radical (unpaired) electrons. The van der Waals surface area contributed by atoms with Crippen LogP contribution < -0.4 is 5.32 Å². The van der Waals surface area contributed by atoms with Gasteiger partial charge in [-0.05, 0) is 33.4 Å². The molecule has 0 aromatic carbocycles.